The SMILES string of the molecule is CN(Cc1nccn1C)c1cc(N)cc([N+](=O)[O-])c1. The Balaban J connectivity index is 2.26. The van der Waals surface area contributed by atoms with Crippen molar-refractivity contribution in [1.82, 2.24) is 9.55 Å². The van der Waals surface area contributed by atoms with Crippen molar-refractivity contribution in [3.63, 3.8) is 0 Å². The van der Waals surface area contributed by atoms with Crippen molar-refractivity contribution in [2.75, 3.05) is 17.7 Å². The third-order valence-electron chi connectivity index (χ3n) is 2.88. The number of aromatic nitrogens is 2. The Labute approximate surface area is 110 Å². The Morgan fingerprint density at radius 3 is 2.79 bits per heavy atom. The van der Waals surface area contributed by atoms with Crippen molar-refractivity contribution in [3.05, 3.63) is 46.5 Å². The molecule has 0 radical (unpaired) electrons. The molecule has 0 saturated carbocycles. The van der Waals surface area contributed by atoms with Gasteiger partial charge in [-0.05, 0) is 6.07 Å². The molecule has 1 aromatic heterocycles. The van der Waals surface area contributed by atoms with Crippen LogP contribution in [0, 0.1) is 10.1 Å². The van der Waals surface area contributed by atoms with Gasteiger partial charge in [0.15, 0.2) is 0 Å². The van der Waals surface area contributed by atoms with Crippen LogP contribution in [0.4, 0.5) is 17.1 Å². The third kappa shape index (κ3) is 2.82. The van der Waals surface area contributed by atoms with E-state index in [0.717, 1.165) is 5.82 Å². The van der Waals surface area contributed by atoms with E-state index < -0.39 is 4.92 Å². The van der Waals surface area contributed by atoms with Crippen LogP contribution in [0.1, 0.15) is 5.82 Å². The summed E-state index contributed by atoms with van der Waals surface area (Å²) in [5.41, 5.74) is 6.73. The molecule has 7 nitrogen and oxygen atoms in total. The molecule has 0 aliphatic rings. The molecule has 2 aromatic rings. The zero-order chi connectivity index (χ0) is 14.0. The number of anilines is 2. The standard InChI is InChI=1S/C12H15N5O2/c1-15-4-3-14-12(15)8-16(2)10-5-9(13)6-11(7-10)17(18)19/h3-7H,8,13H2,1-2H3. The molecule has 0 unspecified atom stereocenters. The minimum Gasteiger partial charge on any atom is -0.398 e. The van der Waals surface area contributed by atoms with Crippen LogP contribution in [-0.4, -0.2) is 21.5 Å². The van der Waals surface area contributed by atoms with Gasteiger partial charge in [-0.15, -0.1) is 0 Å². The lowest BCUT2D eigenvalue weighted by atomic mass is 10.2. The van der Waals surface area contributed by atoms with E-state index >= 15 is 0 Å². The number of hydrogen-bond acceptors (Lipinski definition) is 5. The van der Waals surface area contributed by atoms with Gasteiger partial charge in [-0.3, -0.25) is 10.1 Å². The number of rotatable bonds is 4. The predicted octanol–water partition coefficient (Wildman–Crippen LogP) is 1.55. The monoisotopic (exact) mass is 261 g/mol. The van der Waals surface area contributed by atoms with Gasteiger partial charge in [0.25, 0.3) is 5.69 Å². The molecule has 0 aliphatic heterocycles. The van der Waals surface area contributed by atoms with Gasteiger partial charge in [0.05, 0.1) is 11.5 Å². The second-order valence-corrected chi connectivity index (χ2v) is 4.35. The van der Waals surface area contributed by atoms with E-state index in [1.165, 1.54) is 12.1 Å². The van der Waals surface area contributed by atoms with Crippen LogP contribution in [0.15, 0.2) is 30.6 Å². The summed E-state index contributed by atoms with van der Waals surface area (Å²) in [6, 6.07) is 4.55. The minimum atomic E-state index is -0.450. The molecule has 0 atom stereocenters. The molecule has 2 N–H and O–H groups in total. The Morgan fingerprint density at radius 1 is 1.47 bits per heavy atom. The van der Waals surface area contributed by atoms with Gasteiger partial charge < -0.3 is 15.2 Å². The lowest BCUT2D eigenvalue weighted by Gasteiger charge is -2.19. The zero-order valence-corrected chi connectivity index (χ0v) is 10.8. The first-order valence-electron chi connectivity index (χ1n) is 5.69. The van der Waals surface area contributed by atoms with Crippen molar-refractivity contribution in [2.24, 2.45) is 7.05 Å². The maximum Gasteiger partial charge on any atom is 0.273 e. The summed E-state index contributed by atoms with van der Waals surface area (Å²) in [7, 11) is 3.74. The maximum absolute atomic E-state index is 10.8. The first kappa shape index (κ1) is 12.9. The Bertz CT molecular complexity index is 608. The highest BCUT2D eigenvalue weighted by atomic mass is 16.6. The number of hydrogen-bond donors (Lipinski definition) is 1. The minimum absolute atomic E-state index is 0.0123. The molecule has 0 amide bonds. The number of non-ortho nitro benzene ring substituents is 1. The molecule has 0 spiro atoms. The largest absolute Gasteiger partial charge is 0.398 e. The van der Waals surface area contributed by atoms with Crippen LogP contribution in [-0.2, 0) is 13.6 Å². The van der Waals surface area contributed by atoms with E-state index in [9.17, 15) is 10.1 Å². The van der Waals surface area contributed by atoms with Crippen LogP contribution in [0.2, 0.25) is 0 Å². The van der Waals surface area contributed by atoms with Crippen molar-refractivity contribution < 1.29 is 4.92 Å². The van der Waals surface area contributed by atoms with Gasteiger partial charge in [0, 0.05) is 50.0 Å². The molecule has 1 heterocycles. The fourth-order valence-electron chi connectivity index (χ4n) is 1.80. The molecule has 100 valence electrons. The number of imidazole rings is 1. The second-order valence-electron chi connectivity index (χ2n) is 4.35. The van der Waals surface area contributed by atoms with Gasteiger partial charge in [-0.1, -0.05) is 0 Å². The highest BCUT2D eigenvalue weighted by molar-refractivity contribution is 5.62. The lowest BCUT2D eigenvalue weighted by molar-refractivity contribution is -0.384. The molecule has 0 aliphatic carbocycles. The summed E-state index contributed by atoms with van der Waals surface area (Å²) in [6.07, 6.45) is 3.57. The smallest absolute Gasteiger partial charge is 0.273 e. The highest BCUT2D eigenvalue weighted by Crippen LogP contribution is 2.25. The number of nitrogen functional groups attached to an aromatic ring is 1. The summed E-state index contributed by atoms with van der Waals surface area (Å²) >= 11 is 0. The van der Waals surface area contributed by atoms with E-state index in [1.54, 1.807) is 12.3 Å². The molecular formula is C12H15N5O2. The molecule has 0 saturated heterocycles. The summed E-state index contributed by atoms with van der Waals surface area (Å²) < 4.78 is 1.90. The normalized spacial score (nSPS) is 10.4. The van der Waals surface area contributed by atoms with Crippen LogP contribution in [0.5, 0.6) is 0 Å². The van der Waals surface area contributed by atoms with E-state index in [4.69, 9.17) is 5.73 Å². The molecular weight excluding hydrogens is 246 g/mol. The fraction of sp³-hybridized carbons (Fsp3) is 0.250. The van der Waals surface area contributed by atoms with E-state index in [0.29, 0.717) is 17.9 Å². The van der Waals surface area contributed by atoms with Crippen LogP contribution in [0.3, 0.4) is 0 Å². The molecule has 0 fully saturated rings. The first-order valence-corrected chi connectivity index (χ1v) is 5.69. The van der Waals surface area contributed by atoms with Crippen molar-refractivity contribution in [3.8, 4) is 0 Å². The van der Waals surface area contributed by atoms with Crippen LogP contribution < -0.4 is 10.6 Å². The van der Waals surface area contributed by atoms with Crippen molar-refractivity contribution in [2.45, 2.75) is 6.54 Å². The number of nitro benzene ring substituents is 1. The van der Waals surface area contributed by atoms with Gasteiger partial charge in [0.1, 0.15) is 5.82 Å². The molecule has 2 rings (SSSR count). The Hall–Kier alpha value is -2.57. The van der Waals surface area contributed by atoms with Gasteiger partial charge in [-0.25, -0.2) is 4.98 Å². The lowest BCUT2D eigenvalue weighted by Crippen LogP contribution is -2.19. The second kappa shape index (κ2) is 4.97. The summed E-state index contributed by atoms with van der Waals surface area (Å²) in [6.45, 7) is 0.546. The average molecular weight is 261 g/mol. The molecule has 0 bridgehead atoms. The van der Waals surface area contributed by atoms with Crippen LogP contribution in [0.25, 0.3) is 0 Å². The molecule has 19 heavy (non-hydrogen) atoms. The maximum atomic E-state index is 10.8. The average Bonchev–Trinajstić information content (AvgIpc) is 2.74. The van der Waals surface area contributed by atoms with Gasteiger partial charge in [0.2, 0.25) is 0 Å². The topological polar surface area (TPSA) is 90.2 Å². The summed E-state index contributed by atoms with van der Waals surface area (Å²) in [5.74, 6) is 0.868. The number of nitrogens with two attached hydrogens (primary N) is 1. The predicted molar refractivity (Wildman–Crippen MR) is 72.8 cm³/mol. The van der Waals surface area contributed by atoms with Gasteiger partial charge >= 0.3 is 0 Å². The number of benzene rings is 1. The fourth-order valence-corrected chi connectivity index (χ4v) is 1.80. The molecule has 7 heteroatoms. The van der Waals surface area contributed by atoms with Crippen LogP contribution >= 0.6 is 0 Å². The summed E-state index contributed by atoms with van der Waals surface area (Å²) in [5, 5.41) is 10.8. The Kier molecular flexibility index (Phi) is 3.37. The quantitative estimate of drug-likeness (QED) is 0.512. The number of nitrogens with zero attached hydrogens (tertiary/aromatic N) is 4. The van der Waals surface area contributed by atoms with E-state index in [2.05, 4.69) is 4.98 Å². The number of nitro groups is 1. The van der Waals surface area contributed by atoms with Crippen molar-refractivity contribution in [1.29, 1.82) is 0 Å². The third-order valence-corrected chi connectivity index (χ3v) is 2.88. The summed E-state index contributed by atoms with van der Waals surface area (Å²) in [4.78, 5) is 16.4. The highest BCUT2D eigenvalue weighted by Gasteiger charge is 2.12. The first-order chi connectivity index (χ1) is 8.97. The van der Waals surface area contributed by atoms with Gasteiger partial charge in [-0.2, -0.15) is 0 Å². The van der Waals surface area contributed by atoms with E-state index in [1.807, 2.05) is 29.8 Å². The number of aryl methyl sites for hydroxylation is 1. The van der Waals surface area contributed by atoms with Crippen molar-refractivity contribution >= 4 is 17.1 Å². The molecule has 1 aromatic carbocycles. The zero-order valence-electron chi connectivity index (χ0n) is 10.8. The van der Waals surface area contributed by atoms with E-state index in [-0.39, 0.29) is 5.69 Å². The Morgan fingerprint density at radius 2 is 2.21 bits per heavy atom.